The van der Waals surface area contributed by atoms with Crippen LogP contribution in [0, 0.1) is 20.0 Å². The molecule has 2 fully saturated rings. The SMILES string of the molecule is [CH2-]c1cccc(C(=O)N2CC(N3CCN([C-]=C/C=C\[CH]=[W])CC3)C2)c1[CH2-].[Y]. The van der Waals surface area contributed by atoms with Gasteiger partial charge >= 0.3 is 108 Å². The van der Waals surface area contributed by atoms with E-state index in [0.717, 1.165) is 50.4 Å². The Hall–Kier alpha value is -0.668. The van der Waals surface area contributed by atoms with Gasteiger partial charge in [0.2, 0.25) is 0 Å². The van der Waals surface area contributed by atoms with E-state index in [2.05, 4.69) is 34.2 Å². The molecule has 6 heteroatoms. The van der Waals surface area contributed by atoms with Gasteiger partial charge in [-0.25, -0.2) is 6.07 Å². The molecule has 2 saturated heterocycles. The van der Waals surface area contributed by atoms with Gasteiger partial charge in [0.1, 0.15) is 0 Å². The summed E-state index contributed by atoms with van der Waals surface area (Å²) in [5, 5.41) is 0. The maximum atomic E-state index is 12.7. The maximum absolute atomic E-state index is 12.7. The van der Waals surface area contributed by atoms with Crippen molar-refractivity contribution < 1.29 is 56.9 Å². The molecule has 0 spiro atoms. The van der Waals surface area contributed by atoms with Crippen molar-refractivity contribution in [1.82, 2.24) is 14.7 Å². The minimum atomic E-state index is 0. The fourth-order valence-electron chi connectivity index (χ4n) is 3.32. The average Bonchev–Trinajstić information content (AvgIpc) is 2.61. The van der Waals surface area contributed by atoms with Gasteiger partial charge in [0.25, 0.3) is 0 Å². The summed E-state index contributed by atoms with van der Waals surface area (Å²) < 4.78 is 2.09. The second kappa shape index (κ2) is 10.8. The molecular formula is C21H24N3OWY-3. The van der Waals surface area contributed by atoms with Gasteiger partial charge in [0.15, 0.2) is 5.91 Å². The molecule has 141 valence electrons. The Morgan fingerprint density at radius 1 is 1.15 bits per heavy atom. The molecule has 2 aliphatic rings. The topological polar surface area (TPSA) is 26.8 Å². The van der Waals surface area contributed by atoms with Crippen LogP contribution in [0.4, 0.5) is 0 Å². The number of rotatable bonds is 5. The molecule has 0 aliphatic carbocycles. The van der Waals surface area contributed by atoms with Gasteiger partial charge in [0.05, 0.1) is 0 Å². The Morgan fingerprint density at radius 2 is 1.85 bits per heavy atom. The number of likely N-dealkylation sites (tertiary alicyclic amines) is 1. The second-order valence-electron chi connectivity index (χ2n) is 6.65. The summed E-state index contributed by atoms with van der Waals surface area (Å²) >= 11 is 1.46. The van der Waals surface area contributed by atoms with Crippen LogP contribution in [0.25, 0.3) is 0 Å². The van der Waals surface area contributed by atoms with Gasteiger partial charge in [-0.2, -0.15) is 0 Å². The summed E-state index contributed by atoms with van der Waals surface area (Å²) in [5.41, 5.74) is 2.24. The number of carbonyl (C=O) groups is 1. The Morgan fingerprint density at radius 3 is 2.52 bits per heavy atom. The summed E-state index contributed by atoms with van der Waals surface area (Å²) in [5.74, 6) is 0.0769. The number of hydrogen-bond acceptors (Lipinski definition) is 3. The van der Waals surface area contributed by atoms with Crippen molar-refractivity contribution >= 4 is 10.3 Å². The van der Waals surface area contributed by atoms with Crippen LogP contribution in [0.2, 0.25) is 0 Å². The Kier molecular flexibility index (Phi) is 9.02. The van der Waals surface area contributed by atoms with Gasteiger partial charge in [-0.05, 0) is 0 Å². The van der Waals surface area contributed by atoms with Crippen LogP contribution >= 0.6 is 0 Å². The molecule has 1 amide bonds. The first kappa shape index (κ1) is 22.6. The average molecular weight is 607 g/mol. The van der Waals surface area contributed by atoms with E-state index < -0.39 is 0 Å². The van der Waals surface area contributed by atoms with Crippen molar-refractivity contribution in [2.75, 3.05) is 39.3 Å². The third-order valence-corrected chi connectivity index (χ3v) is 5.59. The Balaban J connectivity index is 0.00000261. The molecule has 4 nitrogen and oxygen atoms in total. The first-order valence-electron chi connectivity index (χ1n) is 8.85. The monoisotopic (exact) mass is 607 g/mol. The summed E-state index contributed by atoms with van der Waals surface area (Å²) in [6, 6.07) is 6.08. The minimum Gasteiger partial charge on any atom is -0.287 e. The summed E-state index contributed by atoms with van der Waals surface area (Å²) in [7, 11) is 0. The first-order valence-corrected chi connectivity index (χ1v) is 10.5. The van der Waals surface area contributed by atoms with Crippen molar-refractivity contribution in [3.8, 4) is 0 Å². The zero-order valence-electron chi connectivity index (χ0n) is 15.5. The molecule has 0 atom stereocenters. The zero-order chi connectivity index (χ0) is 18.5. The fraction of sp³-hybridized carbons (Fsp3) is 0.333. The number of allylic oxidation sites excluding steroid dienone is 3. The van der Waals surface area contributed by atoms with Crippen LogP contribution in [-0.4, -0.2) is 70.3 Å². The molecule has 0 bridgehead atoms. The number of piperazine rings is 1. The number of hydrogen-bond donors (Lipinski definition) is 0. The van der Waals surface area contributed by atoms with Gasteiger partial charge in [-0.1, -0.05) is 0 Å². The quantitative estimate of drug-likeness (QED) is 0.377. The van der Waals surface area contributed by atoms with Crippen molar-refractivity contribution in [3.05, 3.63) is 73.2 Å². The van der Waals surface area contributed by atoms with Gasteiger partial charge < -0.3 is 0 Å². The Labute approximate surface area is 198 Å². The van der Waals surface area contributed by atoms with E-state index in [1.54, 1.807) is 0 Å². The largest absolute Gasteiger partial charge is 0.287 e. The molecule has 0 saturated carbocycles. The van der Waals surface area contributed by atoms with E-state index in [1.807, 2.05) is 41.3 Å². The summed E-state index contributed by atoms with van der Waals surface area (Å²) in [4.78, 5) is 19.3. The minimum absolute atomic E-state index is 0. The first-order chi connectivity index (χ1) is 12.6. The molecule has 27 heavy (non-hydrogen) atoms. The van der Waals surface area contributed by atoms with Crippen LogP contribution < -0.4 is 0 Å². The molecule has 0 N–H and O–H groups in total. The standard InChI is InChI=1S/C21H24N3O.W.Y/c1-4-5-6-10-22-11-13-23(14-12-22)19-15-24(16-19)21(25)20-9-7-8-17(2)18(20)3;;/h1,4-9,19H,2-3,11-16H2;;/q-3;;/b5-4-;;. The summed E-state index contributed by atoms with van der Waals surface area (Å²) in [6.45, 7) is 13.6. The van der Waals surface area contributed by atoms with Crippen LogP contribution in [0.15, 0.2) is 36.4 Å². The number of amides is 1. The van der Waals surface area contributed by atoms with E-state index >= 15 is 0 Å². The third-order valence-electron chi connectivity index (χ3n) is 5.03. The molecule has 0 aromatic heterocycles. The maximum Gasteiger partial charge on any atom is 0 e. The molecular weight excluding hydrogens is 583 g/mol. The molecule has 0 unspecified atom stereocenters. The number of benzene rings is 1. The van der Waals surface area contributed by atoms with Gasteiger partial charge in [-0.3, -0.25) is 29.8 Å². The molecule has 1 radical (unpaired) electrons. The van der Waals surface area contributed by atoms with Crippen molar-refractivity contribution in [2.45, 2.75) is 6.04 Å². The third kappa shape index (κ3) is 5.67. The van der Waals surface area contributed by atoms with E-state index in [0.29, 0.717) is 11.6 Å². The molecule has 2 heterocycles. The smallest absolute Gasteiger partial charge is 0 e. The molecule has 1 aromatic rings. The molecule has 2 aliphatic heterocycles. The Bertz CT molecular complexity index is 720. The van der Waals surface area contributed by atoms with Crippen molar-refractivity contribution in [1.29, 1.82) is 0 Å². The van der Waals surface area contributed by atoms with Gasteiger partial charge in [-0.15, -0.1) is 17.7 Å². The van der Waals surface area contributed by atoms with Crippen LogP contribution in [0.5, 0.6) is 0 Å². The van der Waals surface area contributed by atoms with E-state index in [9.17, 15) is 4.79 Å². The van der Waals surface area contributed by atoms with Crippen molar-refractivity contribution in [3.63, 3.8) is 0 Å². The second-order valence-corrected chi connectivity index (χ2v) is 7.62. The van der Waals surface area contributed by atoms with E-state index in [-0.39, 0.29) is 38.6 Å². The molecule has 3 rings (SSSR count). The van der Waals surface area contributed by atoms with Crippen LogP contribution in [-0.2, 0) is 52.1 Å². The predicted octanol–water partition coefficient (Wildman–Crippen LogP) is 1.71. The predicted molar refractivity (Wildman–Crippen MR) is 101 cm³/mol. The van der Waals surface area contributed by atoms with E-state index in [4.69, 9.17) is 0 Å². The molecule has 1 aromatic carbocycles. The number of carbonyl (C=O) groups excluding carboxylic acids is 1. The number of nitrogens with zero attached hydrogens (tertiary/aromatic N) is 3. The normalized spacial score (nSPS) is 18.5. The van der Waals surface area contributed by atoms with Crippen LogP contribution in [0.3, 0.4) is 0 Å². The fourth-order valence-corrected chi connectivity index (χ4v) is 3.65. The van der Waals surface area contributed by atoms with Crippen molar-refractivity contribution in [2.24, 2.45) is 0 Å². The van der Waals surface area contributed by atoms with Crippen LogP contribution in [0.1, 0.15) is 21.5 Å². The van der Waals surface area contributed by atoms with Gasteiger partial charge in [0, 0.05) is 32.7 Å². The van der Waals surface area contributed by atoms with E-state index in [1.165, 1.54) is 19.4 Å². The zero-order valence-corrected chi connectivity index (χ0v) is 21.3. The summed E-state index contributed by atoms with van der Waals surface area (Å²) in [6.07, 6.45) is 9.36.